The van der Waals surface area contributed by atoms with Crippen LogP contribution in [0.15, 0.2) is 61.7 Å². The lowest BCUT2D eigenvalue weighted by Gasteiger charge is -2.19. The van der Waals surface area contributed by atoms with Crippen LogP contribution in [0.4, 0.5) is 5.69 Å². The van der Waals surface area contributed by atoms with Crippen LogP contribution in [-0.2, 0) is 17.9 Å². The fourth-order valence-electron chi connectivity index (χ4n) is 3.41. The first-order valence-corrected chi connectivity index (χ1v) is 11.2. The number of carbonyl (C=O) groups is 1. The van der Waals surface area contributed by atoms with Crippen molar-refractivity contribution in [3.8, 4) is 5.75 Å². The van der Waals surface area contributed by atoms with Gasteiger partial charge in [-0.1, -0.05) is 50.2 Å². The van der Waals surface area contributed by atoms with E-state index in [1.165, 1.54) is 0 Å². The second-order valence-electron chi connectivity index (χ2n) is 7.93. The van der Waals surface area contributed by atoms with Crippen molar-refractivity contribution in [2.45, 2.75) is 40.8 Å². The summed E-state index contributed by atoms with van der Waals surface area (Å²) in [5.41, 5.74) is 4.18. The van der Waals surface area contributed by atoms with Crippen molar-refractivity contribution in [1.82, 2.24) is 15.3 Å². The average Bonchev–Trinajstić information content (AvgIpc) is 2.79. The van der Waals surface area contributed by atoms with Crippen LogP contribution < -0.4 is 15.0 Å². The molecule has 2 heterocycles. The molecular formula is C26H29ClN4O2. The molecular weight excluding hydrogens is 436 g/mol. The number of aryl methyl sites for hydroxylation is 1. The van der Waals surface area contributed by atoms with Crippen LogP contribution in [0.25, 0.3) is 10.9 Å². The largest absolute Gasteiger partial charge is 0.487 e. The lowest BCUT2D eigenvalue weighted by molar-refractivity contribution is -0.124. The predicted octanol–water partition coefficient (Wildman–Crippen LogP) is 5.93. The third-order valence-electron chi connectivity index (χ3n) is 5.14. The minimum Gasteiger partial charge on any atom is -0.487 e. The van der Waals surface area contributed by atoms with Gasteiger partial charge in [-0.25, -0.2) is 4.98 Å². The van der Waals surface area contributed by atoms with Crippen LogP contribution in [0, 0.1) is 12.8 Å². The highest BCUT2D eigenvalue weighted by atomic mass is 35.5. The fourth-order valence-corrected chi connectivity index (χ4v) is 3.64. The van der Waals surface area contributed by atoms with Crippen molar-refractivity contribution in [3.63, 3.8) is 0 Å². The maximum Gasteiger partial charge on any atom is 0.222 e. The molecule has 0 atom stereocenters. The number of carbonyl (C=O) groups excluding carboxylic acids is 1. The molecule has 0 aliphatic carbocycles. The van der Waals surface area contributed by atoms with Crippen LogP contribution in [0.5, 0.6) is 5.75 Å². The van der Waals surface area contributed by atoms with Gasteiger partial charge in [-0.3, -0.25) is 9.78 Å². The zero-order valence-electron chi connectivity index (χ0n) is 19.4. The van der Waals surface area contributed by atoms with Crippen molar-refractivity contribution in [2.24, 2.45) is 5.92 Å². The lowest BCUT2D eigenvalue weighted by Crippen LogP contribution is -2.27. The summed E-state index contributed by atoms with van der Waals surface area (Å²) in [6, 6.07) is 7.86. The van der Waals surface area contributed by atoms with Gasteiger partial charge in [0.25, 0.3) is 0 Å². The topological polar surface area (TPSA) is 67.3 Å². The molecule has 1 amide bonds. The Bertz CT molecular complexity index is 1190. The number of anilines is 1. The molecule has 172 valence electrons. The number of para-hydroxylation sites is 1. The predicted molar refractivity (Wildman–Crippen MR) is 134 cm³/mol. The highest BCUT2D eigenvalue weighted by Crippen LogP contribution is 2.33. The summed E-state index contributed by atoms with van der Waals surface area (Å²) in [5, 5.41) is 4.35. The number of nitrogens with zero attached hydrogens (tertiary/aromatic N) is 3. The molecule has 7 heteroatoms. The zero-order chi connectivity index (χ0) is 24.0. The number of amides is 1. The van der Waals surface area contributed by atoms with E-state index in [-0.39, 0.29) is 18.4 Å². The number of halogens is 1. The third kappa shape index (κ3) is 5.71. The number of benzene rings is 1. The molecule has 2 aromatic heterocycles. The highest BCUT2D eigenvalue weighted by Gasteiger charge is 2.15. The minimum atomic E-state index is -0.103. The smallest absolute Gasteiger partial charge is 0.222 e. The summed E-state index contributed by atoms with van der Waals surface area (Å²) in [5.74, 6) is 0.511. The quantitative estimate of drug-likeness (QED) is 0.425. The molecule has 0 fully saturated rings. The summed E-state index contributed by atoms with van der Waals surface area (Å²) < 4.78 is 6.21. The van der Waals surface area contributed by atoms with Gasteiger partial charge in [0.15, 0.2) is 0 Å². The summed E-state index contributed by atoms with van der Waals surface area (Å²) >= 11 is 6.44. The number of pyridine rings is 2. The van der Waals surface area contributed by atoms with Gasteiger partial charge in [-0.2, -0.15) is 0 Å². The Balaban J connectivity index is 1.93. The van der Waals surface area contributed by atoms with Crippen LogP contribution in [0.2, 0.25) is 5.02 Å². The summed E-state index contributed by atoms with van der Waals surface area (Å²) in [4.78, 5) is 22.9. The molecule has 33 heavy (non-hydrogen) atoms. The van der Waals surface area contributed by atoms with Crippen molar-refractivity contribution in [2.75, 3.05) is 4.90 Å². The molecule has 0 aliphatic heterocycles. The standard InChI is InChI=1S/C26H29ClN4O2/c1-6-11-31(7-2)23-12-18(5)30-25-20(23)9-8-10-24(25)33-16-21-19(13-28-15-22(21)27)14-29-26(32)17(3)4/h6-13,15,17H,2,14,16H2,1,3-5H3,(H,29,32)/b11-6-. The van der Waals surface area contributed by atoms with E-state index in [0.29, 0.717) is 17.3 Å². The Labute approximate surface area is 199 Å². The Hall–Kier alpha value is -3.38. The van der Waals surface area contributed by atoms with Gasteiger partial charge >= 0.3 is 0 Å². The molecule has 1 aromatic carbocycles. The Morgan fingerprint density at radius 2 is 2.12 bits per heavy atom. The molecule has 0 saturated carbocycles. The second kappa shape index (κ2) is 11.0. The van der Waals surface area contributed by atoms with Crippen molar-refractivity contribution in [3.05, 3.63) is 83.6 Å². The zero-order valence-corrected chi connectivity index (χ0v) is 20.2. The number of nitrogens with one attached hydrogen (secondary N) is 1. The third-order valence-corrected chi connectivity index (χ3v) is 5.46. The molecule has 0 radical (unpaired) electrons. The SMILES string of the molecule is C=CN(/C=C\C)c1cc(C)nc2c(OCc3c(Cl)cncc3CNC(=O)C(C)C)cccc12. The van der Waals surface area contributed by atoms with E-state index in [4.69, 9.17) is 21.3 Å². The van der Waals surface area contributed by atoms with Crippen LogP contribution in [0.1, 0.15) is 37.6 Å². The summed E-state index contributed by atoms with van der Waals surface area (Å²) in [6.07, 6.45) is 8.94. The van der Waals surface area contributed by atoms with E-state index in [2.05, 4.69) is 16.9 Å². The number of allylic oxidation sites excluding steroid dienone is 1. The van der Waals surface area contributed by atoms with E-state index in [1.807, 2.05) is 69.1 Å². The molecule has 1 N–H and O–H groups in total. The first kappa shape index (κ1) is 24.3. The van der Waals surface area contributed by atoms with Gasteiger partial charge in [0, 0.05) is 53.9 Å². The van der Waals surface area contributed by atoms with E-state index in [0.717, 1.165) is 33.4 Å². The van der Waals surface area contributed by atoms with Gasteiger partial charge in [0.2, 0.25) is 5.91 Å². The number of hydrogen-bond donors (Lipinski definition) is 1. The van der Waals surface area contributed by atoms with Crippen molar-refractivity contribution < 1.29 is 9.53 Å². The average molecular weight is 465 g/mol. The van der Waals surface area contributed by atoms with Gasteiger partial charge in [0.05, 0.1) is 10.7 Å². The fraction of sp³-hybridized carbons (Fsp3) is 0.269. The molecule has 0 unspecified atom stereocenters. The van der Waals surface area contributed by atoms with E-state index in [1.54, 1.807) is 18.6 Å². The highest BCUT2D eigenvalue weighted by molar-refractivity contribution is 6.31. The van der Waals surface area contributed by atoms with Crippen LogP contribution in [0.3, 0.4) is 0 Å². The molecule has 3 rings (SSSR count). The number of fused-ring (bicyclic) bond motifs is 1. The maximum absolute atomic E-state index is 12.0. The van der Waals surface area contributed by atoms with E-state index >= 15 is 0 Å². The molecule has 0 aliphatic rings. The van der Waals surface area contributed by atoms with Crippen molar-refractivity contribution in [1.29, 1.82) is 0 Å². The maximum atomic E-state index is 12.0. The first-order chi connectivity index (χ1) is 15.8. The first-order valence-electron chi connectivity index (χ1n) is 10.8. The van der Waals surface area contributed by atoms with Gasteiger partial charge in [-0.05, 0) is 31.5 Å². The normalized spacial score (nSPS) is 11.2. The van der Waals surface area contributed by atoms with Crippen LogP contribution in [-0.4, -0.2) is 15.9 Å². The molecule has 0 spiro atoms. The second-order valence-corrected chi connectivity index (χ2v) is 8.33. The monoisotopic (exact) mass is 464 g/mol. The summed E-state index contributed by atoms with van der Waals surface area (Å²) in [6.45, 7) is 12.1. The number of aromatic nitrogens is 2. The Morgan fingerprint density at radius 3 is 2.82 bits per heavy atom. The molecule has 3 aromatic rings. The van der Waals surface area contributed by atoms with Gasteiger partial charge < -0.3 is 15.0 Å². The molecule has 6 nitrogen and oxygen atoms in total. The molecule has 0 bridgehead atoms. The minimum absolute atomic E-state index is 0.0315. The lowest BCUT2D eigenvalue weighted by atomic mass is 10.1. The Kier molecular flexibility index (Phi) is 8.06. The van der Waals surface area contributed by atoms with Gasteiger partial charge in [-0.15, -0.1) is 0 Å². The molecule has 0 saturated heterocycles. The Morgan fingerprint density at radius 1 is 1.33 bits per heavy atom. The van der Waals surface area contributed by atoms with E-state index < -0.39 is 0 Å². The summed E-state index contributed by atoms with van der Waals surface area (Å²) in [7, 11) is 0. The van der Waals surface area contributed by atoms with E-state index in [9.17, 15) is 4.79 Å². The van der Waals surface area contributed by atoms with Crippen molar-refractivity contribution >= 4 is 34.1 Å². The van der Waals surface area contributed by atoms with Crippen LogP contribution >= 0.6 is 11.6 Å². The number of ether oxygens (including phenoxy) is 1. The number of hydrogen-bond acceptors (Lipinski definition) is 5. The van der Waals surface area contributed by atoms with Gasteiger partial charge in [0.1, 0.15) is 17.9 Å². The number of rotatable bonds is 9.